The van der Waals surface area contributed by atoms with Gasteiger partial charge in [0.1, 0.15) is 11.3 Å². The maximum atomic E-state index is 12.6. The highest BCUT2D eigenvalue weighted by atomic mass is 32.1. The Kier molecular flexibility index (Phi) is 4.91. The number of carbonyl (C=O) groups excluding carboxylic acids is 1. The third kappa shape index (κ3) is 3.77. The van der Waals surface area contributed by atoms with Crippen LogP contribution in [0.2, 0.25) is 0 Å². The number of hydrogen-bond acceptors (Lipinski definition) is 6. The van der Waals surface area contributed by atoms with Gasteiger partial charge in [-0.05, 0) is 50.1 Å². The maximum absolute atomic E-state index is 12.6. The van der Waals surface area contributed by atoms with Crippen LogP contribution in [0.5, 0.6) is 0 Å². The molecule has 0 fully saturated rings. The van der Waals surface area contributed by atoms with Crippen LogP contribution in [0, 0.1) is 13.8 Å². The molecule has 0 bridgehead atoms. The highest BCUT2D eigenvalue weighted by Crippen LogP contribution is 2.31. The zero-order chi connectivity index (χ0) is 21.4. The molecule has 31 heavy (non-hydrogen) atoms. The number of anilines is 1. The molecule has 2 aromatic carbocycles. The van der Waals surface area contributed by atoms with E-state index in [0.717, 1.165) is 43.4 Å². The van der Waals surface area contributed by atoms with Crippen molar-refractivity contribution in [3.05, 3.63) is 71.8 Å². The number of nitrogens with one attached hydrogen (secondary N) is 1. The normalized spacial score (nSPS) is 11.3. The molecular formula is C23H20N6OS. The maximum Gasteiger partial charge on any atom is 0.252 e. The van der Waals surface area contributed by atoms with E-state index in [1.165, 1.54) is 6.33 Å². The van der Waals surface area contributed by atoms with Crippen molar-refractivity contribution in [3.8, 4) is 10.6 Å². The third-order valence-corrected chi connectivity index (χ3v) is 6.36. The smallest absolute Gasteiger partial charge is 0.252 e. The van der Waals surface area contributed by atoms with Crippen LogP contribution < -0.4 is 5.32 Å². The molecule has 0 aliphatic carbocycles. The second kappa shape index (κ2) is 7.88. The van der Waals surface area contributed by atoms with Crippen LogP contribution in [-0.4, -0.2) is 30.5 Å². The van der Waals surface area contributed by atoms with Crippen molar-refractivity contribution in [2.75, 3.05) is 5.32 Å². The highest BCUT2D eigenvalue weighted by Gasteiger charge is 2.13. The number of aromatic nitrogens is 5. The van der Waals surface area contributed by atoms with Gasteiger partial charge in [0.2, 0.25) is 5.91 Å². The second-order valence-corrected chi connectivity index (χ2v) is 8.38. The molecule has 3 heterocycles. The Bertz CT molecular complexity index is 1390. The van der Waals surface area contributed by atoms with E-state index in [-0.39, 0.29) is 5.91 Å². The molecule has 0 saturated carbocycles. The average Bonchev–Trinajstić information content (AvgIpc) is 3.40. The summed E-state index contributed by atoms with van der Waals surface area (Å²) in [7, 11) is 0. The van der Waals surface area contributed by atoms with E-state index < -0.39 is 0 Å². The lowest BCUT2D eigenvalue weighted by atomic mass is 10.1. The number of nitrogens with zero attached hydrogens (tertiary/aromatic N) is 5. The SMILES string of the molecule is Cc1nc2ncnn2c(C)c1CCC(=O)Nc1cccc(-c2nc3ccccc3s2)c1. The molecule has 7 nitrogen and oxygen atoms in total. The molecule has 0 saturated heterocycles. The molecule has 0 radical (unpaired) electrons. The summed E-state index contributed by atoms with van der Waals surface area (Å²) in [5, 5.41) is 8.16. The molecule has 0 atom stereocenters. The number of fused-ring (bicyclic) bond motifs is 2. The summed E-state index contributed by atoms with van der Waals surface area (Å²) in [4.78, 5) is 25.9. The first kappa shape index (κ1) is 19.3. The largest absolute Gasteiger partial charge is 0.326 e. The minimum absolute atomic E-state index is 0.0427. The summed E-state index contributed by atoms with van der Waals surface area (Å²) in [6.45, 7) is 3.92. The number of hydrogen-bond donors (Lipinski definition) is 1. The van der Waals surface area contributed by atoms with E-state index in [1.54, 1.807) is 15.9 Å². The molecule has 5 aromatic rings. The van der Waals surface area contributed by atoms with Crippen LogP contribution in [0.15, 0.2) is 54.9 Å². The van der Waals surface area contributed by atoms with Gasteiger partial charge in [-0.3, -0.25) is 4.79 Å². The van der Waals surface area contributed by atoms with Crippen molar-refractivity contribution in [1.82, 2.24) is 24.6 Å². The molecular weight excluding hydrogens is 408 g/mol. The Hall–Kier alpha value is -3.65. The minimum Gasteiger partial charge on any atom is -0.326 e. The van der Waals surface area contributed by atoms with E-state index in [2.05, 4.69) is 26.4 Å². The van der Waals surface area contributed by atoms with E-state index in [0.29, 0.717) is 18.6 Å². The molecule has 0 unspecified atom stereocenters. The molecule has 0 spiro atoms. The van der Waals surface area contributed by atoms with Crippen molar-refractivity contribution < 1.29 is 4.79 Å². The lowest BCUT2D eigenvalue weighted by Crippen LogP contribution is -2.14. The van der Waals surface area contributed by atoms with Crippen LogP contribution in [0.1, 0.15) is 23.4 Å². The molecule has 154 valence electrons. The molecule has 1 N–H and O–H groups in total. The van der Waals surface area contributed by atoms with E-state index in [9.17, 15) is 4.79 Å². The molecule has 0 aliphatic rings. The van der Waals surface area contributed by atoms with Crippen LogP contribution in [0.3, 0.4) is 0 Å². The first-order valence-corrected chi connectivity index (χ1v) is 10.8. The number of amides is 1. The number of benzene rings is 2. The molecule has 5 rings (SSSR count). The Balaban J connectivity index is 1.30. The zero-order valence-electron chi connectivity index (χ0n) is 17.2. The van der Waals surface area contributed by atoms with Gasteiger partial charge >= 0.3 is 0 Å². The van der Waals surface area contributed by atoms with Gasteiger partial charge in [0, 0.05) is 29.1 Å². The Morgan fingerprint density at radius 3 is 2.84 bits per heavy atom. The monoisotopic (exact) mass is 428 g/mol. The number of para-hydroxylation sites is 1. The van der Waals surface area contributed by atoms with E-state index in [1.807, 2.05) is 56.3 Å². The highest BCUT2D eigenvalue weighted by molar-refractivity contribution is 7.21. The number of carbonyl (C=O) groups is 1. The van der Waals surface area contributed by atoms with Gasteiger partial charge < -0.3 is 5.32 Å². The molecule has 1 amide bonds. The minimum atomic E-state index is -0.0427. The first-order valence-electron chi connectivity index (χ1n) is 10.00. The summed E-state index contributed by atoms with van der Waals surface area (Å²) >= 11 is 1.65. The number of rotatable bonds is 5. The fraction of sp³-hybridized carbons (Fsp3) is 0.174. The zero-order valence-corrected chi connectivity index (χ0v) is 18.0. The summed E-state index contributed by atoms with van der Waals surface area (Å²) < 4.78 is 2.86. The summed E-state index contributed by atoms with van der Waals surface area (Å²) in [6.07, 6.45) is 2.43. The van der Waals surface area contributed by atoms with Gasteiger partial charge in [0.05, 0.1) is 10.2 Å². The lowest BCUT2D eigenvalue weighted by Gasteiger charge is -2.11. The lowest BCUT2D eigenvalue weighted by molar-refractivity contribution is -0.116. The second-order valence-electron chi connectivity index (χ2n) is 7.35. The van der Waals surface area contributed by atoms with Crippen LogP contribution in [-0.2, 0) is 11.2 Å². The molecule has 8 heteroatoms. The summed E-state index contributed by atoms with van der Waals surface area (Å²) in [5.41, 5.74) is 5.61. The van der Waals surface area contributed by atoms with Gasteiger partial charge in [-0.1, -0.05) is 24.3 Å². The van der Waals surface area contributed by atoms with E-state index >= 15 is 0 Å². The van der Waals surface area contributed by atoms with Gasteiger partial charge in [-0.2, -0.15) is 10.1 Å². The Labute approximate surface area is 182 Å². The van der Waals surface area contributed by atoms with Gasteiger partial charge in [-0.25, -0.2) is 14.5 Å². The van der Waals surface area contributed by atoms with Crippen LogP contribution >= 0.6 is 11.3 Å². The fourth-order valence-electron chi connectivity index (χ4n) is 3.70. The van der Waals surface area contributed by atoms with Crippen molar-refractivity contribution in [2.24, 2.45) is 0 Å². The predicted octanol–water partition coefficient (Wildman–Crippen LogP) is 4.59. The first-order chi connectivity index (χ1) is 15.1. The van der Waals surface area contributed by atoms with Crippen molar-refractivity contribution in [1.29, 1.82) is 0 Å². The number of thiazole rings is 1. The van der Waals surface area contributed by atoms with E-state index in [4.69, 9.17) is 4.98 Å². The summed E-state index contributed by atoms with van der Waals surface area (Å²) in [6, 6.07) is 15.9. The summed E-state index contributed by atoms with van der Waals surface area (Å²) in [5.74, 6) is 0.536. The molecule has 0 aliphatic heterocycles. The van der Waals surface area contributed by atoms with Gasteiger partial charge in [-0.15, -0.1) is 11.3 Å². The van der Waals surface area contributed by atoms with Crippen LogP contribution in [0.4, 0.5) is 5.69 Å². The van der Waals surface area contributed by atoms with Gasteiger partial charge in [0.15, 0.2) is 0 Å². The Morgan fingerprint density at radius 1 is 1.10 bits per heavy atom. The Morgan fingerprint density at radius 2 is 1.97 bits per heavy atom. The van der Waals surface area contributed by atoms with Gasteiger partial charge in [0.25, 0.3) is 5.78 Å². The topological polar surface area (TPSA) is 85.1 Å². The third-order valence-electron chi connectivity index (χ3n) is 5.28. The quantitative estimate of drug-likeness (QED) is 0.443. The standard InChI is InChI=1S/C23H20N6OS/c1-14-18(15(2)29-23(26-14)24-13-25-29)10-11-21(30)27-17-7-5-6-16(12-17)22-28-19-8-3-4-9-20(19)31-22/h3-9,12-13H,10-11H2,1-2H3,(H,27,30). The predicted molar refractivity (Wildman–Crippen MR) is 122 cm³/mol. The van der Waals surface area contributed by atoms with Crippen LogP contribution in [0.25, 0.3) is 26.6 Å². The number of aryl methyl sites for hydroxylation is 2. The average molecular weight is 429 g/mol. The van der Waals surface area contributed by atoms with Crippen molar-refractivity contribution in [2.45, 2.75) is 26.7 Å². The van der Waals surface area contributed by atoms with Crippen molar-refractivity contribution in [3.63, 3.8) is 0 Å². The van der Waals surface area contributed by atoms with Crippen molar-refractivity contribution >= 4 is 38.9 Å². The molecule has 3 aromatic heterocycles. The fourth-order valence-corrected chi connectivity index (χ4v) is 4.67.